The number of ether oxygens (including phenoxy) is 7. The van der Waals surface area contributed by atoms with Gasteiger partial charge in [-0.15, -0.1) is 0 Å². The number of aliphatic hydroxyl groups is 4. The summed E-state index contributed by atoms with van der Waals surface area (Å²) in [6, 6.07) is 14.6. The van der Waals surface area contributed by atoms with E-state index in [9.17, 15) is 35.4 Å². The van der Waals surface area contributed by atoms with Crippen LogP contribution in [0.2, 0.25) is 0 Å². The van der Waals surface area contributed by atoms with E-state index >= 15 is 0 Å². The summed E-state index contributed by atoms with van der Waals surface area (Å²) in [7, 11) is 4.30. The molecule has 0 aromatic heterocycles. The summed E-state index contributed by atoms with van der Waals surface area (Å²) in [6.45, 7) is -0.200. The number of methoxy groups -OCH3 is 3. The monoisotopic (exact) mass is 698 g/mol. The van der Waals surface area contributed by atoms with Gasteiger partial charge in [-0.05, 0) is 71.5 Å². The minimum Gasteiger partial charge on any atom is -0.504 e. The van der Waals surface area contributed by atoms with Gasteiger partial charge in [0.15, 0.2) is 34.5 Å². The highest BCUT2D eigenvalue weighted by atomic mass is 16.7. The van der Waals surface area contributed by atoms with Crippen molar-refractivity contribution in [2.45, 2.75) is 43.2 Å². The summed E-state index contributed by atoms with van der Waals surface area (Å²) >= 11 is 0. The summed E-state index contributed by atoms with van der Waals surface area (Å²) in [5, 5.41) is 61.7. The standard InChI is InChI=1S/C36H42O14/c1-44-27-13-19(4-8-24(27)38)6-11-31(40)47-18-30-32(41)33(42)34(43)36(50-30)49-26-10-5-20(14-29(26)46-3)12-22-17-48-35(23(22)16-37)21-7-9-25(39)28(15-21)45-2/h4-11,13-15,22-23,30,32-39,41-43H,12,16-18H2,1-3H3. The third-order valence-electron chi connectivity index (χ3n) is 8.87. The number of aliphatic hydroxyl groups excluding tert-OH is 4. The normalized spacial score (nSPS) is 26.5. The summed E-state index contributed by atoms with van der Waals surface area (Å²) in [5.41, 5.74) is 2.19. The van der Waals surface area contributed by atoms with Gasteiger partial charge < -0.3 is 63.8 Å². The van der Waals surface area contributed by atoms with Gasteiger partial charge >= 0.3 is 5.97 Å². The van der Waals surface area contributed by atoms with Crippen LogP contribution in [0.5, 0.6) is 34.5 Å². The number of benzene rings is 3. The molecule has 2 heterocycles. The maximum atomic E-state index is 12.4. The van der Waals surface area contributed by atoms with Gasteiger partial charge in [0.05, 0.1) is 34.0 Å². The fourth-order valence-electron chi connectivity index (χ4n) is 6.08. The molecule has 14 nitrogen and oxygen atoms in total. The van der Waals surface area contributed by atoms with Crippen LogP contribution < -0.4 is 18.9 Å². The molecule has 14 heteroatoms. The number of esters is 1. The number of phenolic OH excluding ortho intramolecular Hbond substituents is 2. The van der Waals surface area contributed by atoms with Crippen molar-refractivity contribution in [3.8, 4) is 34.5 Å². The zero-order valence-corrected chi connectivity index (χ0v) is 27.7. The van der Waals surface area contributed by atoms with Crippen LogP contribution in [0.4, 0.5) is 0 Å². The van der Waals surface area contributed by atoms with Gasteiger partial charge in [-0.1, -0.05) is 18.2 Å². The Morgan fingerprint density at radius 2 is 1.54 bits per heavy atom. The molecule has 3 aromatic rings. The number of phenols is 2. The van der Waals surface area contributed by atoms with Gasteiger partial charge in [-0.2, -0.15) is 0 Å². The molecule has 2 fully saturated rings. The molecule has 8 atom stereocenters. The number of hydrogen-bond donors (Lipinski definition) is 6. The van der Waals surface area contributed by atoms with E-state index in [2.05, 4.69) is 0 Å². The number of aromatic hydroxyl groups is 2. The molecular formula is C36H42O14. The Morgan fingerprint density at radius 3 is 2.24 bits per heavy atom. The fraction of sp³-hybridized carbons (Fsp3) is 0.417. The molecule has 3 aromatic carbocycles. The molecule has 2 aliphatic rings. The zero-order valence-electron chi connectivity index (χ0n) is 27.7. The zero-order chi connectivity index (χ0) is 35.9. The molecule has 0 amide bonds. The number of carbonyl (C=O) groups is 1. The number of hydrogen-bond acceptors (Lipinski definition) is 14. The maximum absolute atomic E-state index is 12.4. The maximum Gasteiger partial charge on any atom is 0.330 e. The Kier molecular flexibility index (Phi) is 12.1. The molecule has 0 radical (unpaired) electrons. The lowest BCUT2D eigenvalue weighted by atomic mass is 9.84. The Bertz CT molecular complexity index is 1640. The summed E-state index contributed by atoms with van der Waals surface area (Å²) in [4.78, 5) is 12.4. The molecule has 270 valence electrons. The largest absolute Gasteiger partial charge is 0.504 e. The Labute approximate surface area is 288 Å². The van der Waals surface area contributed by atoms with Crippen LogP contribution >= 0.6 is 0 Å². The predicted molar refractivity (Wildman–Crippen MR) is 176 cm³/mol. The first kappa shape index (κ1) is 36.7. The van der Waals surface area contributed by atoms with E-state index in [0.717, 1.165) is 17.2 Å². The van der Waals surface area contributed by atoms with E-state index in [1.807, 2.05) is 0 Å². The summed E-state index contributed by atoms with van der Waals surface area (Å²) in [6.07, 6.45) is -4.91. The topological polar surface area (TPSA) is 203 Å². The molecule has 2 aliphatic heterocycles. The van der Waals surface area contributed by atoms with Crippen molar-refractivity contribution >= 4 is 12.0 Å². The molecular weight excluding hydrogens is 656 g/mol. The van der Waals surface area contributed by atoms with Crippen molar-refractivity contribution in [3.63, 3.8) is 0 Å². The van der Waals surface area contributed by atoms with E-state index in [1.165, 1.54) is 45.6 Å². The smallest absolute Gasteiger partial charge is 0.330 e. The van der Waals surface area contributed by atoms with Crippen molar-refractivity contribution in [2.75, 3.05) is 41.2 Å². The number of rotatable bonds is 13. The highest BCUT2D eigenvalue weighted by Gasteiger charge is 2.46. The van der Waals surface area contributed by atoms with Crippen molar-refractivity contribution < 1.29 is 68.6 Å². The van der Waals surface area contributed by atoms with E-state index < -0.39 is 49.4 Å². The van der Waals surface area contributed by atoms with Gasteiger partial charge in [-0.25, -0.2) is 4.79 Å². The third kappa shape index (κ3) is 8.24. The second-order valence-corrected chi connectivity index (χ2v) is 12.0. The van der Waals surface area contributed by atoms with Crippen molar-refractivity contribution in [1.29, 1.82) is 0 Å². The fourth-order valence-corrected chi connectivity index (χ4v) is 6.08. The summed E-state index contributed by atoms with van der Waals surface area (Å²) in [5.74, 6) is -0.0772. The van der Waals surface area contributed by atoms with Crippen LogP contribution in [-0.2, 0) is 25.4 Å². The van der Waals surface area contributed by atoms with Crippen molar-refractivity contribution in [2.24, 2.45) is 11.8 Å². The van der Waals surface area contributed by atoms with Crippen LogP contribution in [-0.4, -0.2) is 108 Å². The highest BCUT2D eigenvalue weighted by Crippen LogP contribution is 2.43. The minimum absolute atomic E-state index is 0.00840. The number of carbonyl (C=O) groups excluding carboxylic acids is 1. The van der Waals surface area contributed by atoms with Gasteiger partial charge in [0.2, 0.25) is 6.29 Å². The molecule has 0 bridgehead atoms. The van der Waals surface area contributed by atoms with Crippen molar-refractivity contribution in [3.05, 3.63) is 77.4 Å². The van der Waals surface area contributed by atoms with E-state index in [4.69, 9.17) is 33.2 Å². The van der Waals surface area contributed by atoms with Gasteiger partial charge in [0.25, 0.3) is 0 Å². The Balaban J connectivity index is 1.21. The van der Waals surface area contributed by atoms with E-state index in [-0.39, 0.29) is 41.4 Å². The SMILES string of the molecule is COc1cc(C=CC(=O)OCC2OC(Oc3ccc(CC4COC(c5ccc(O)c(OC)c5)C4CO)cc3OC)C(O)C(O)C2O)ccc1O. The van der Waals surface area contributed by atoms with Gasteiger partial charge in [0, 0.05) is 18.6 Å². The molecule has 8 unspecified atom stereocenters. The molecule has 2 saturated heterocycles. The van der Waals surface area contributed by atoms with E-state index in [1.54, 1.807) is 36.4 Å². The predicted octanol–water partition coefficient (Wildman–Crippen LogP) is 2.11. The average molecular weight is 699 g/mol. The van der Waals surface area contributed by atoms with Crippen LogP contribution in [0.15, 0.2) is 60.7 Å². The molecule has 50 heavy (non-hydrogen) atoms. The average Bonchev–Trinajstić information content (AvgIpc) is 3.53. The lowest BCUT2D eigenvalue weighted by molar-refractivity contribution is -0.278. The molecule has 0 aliphatic carbocycles. The van der Waals surface area contributed by atoms with Crippen LogP contribution in [0.3, 0.4) is 0 Å². The van der Waals surface area contributed by atoms with E-state index in [0.29, 0.717) is 30.1 Å². The highest BCUT2D eigenvalue weighted by molar-refractivity contribution is 5.87. The molecule has 6 N–H and O–H groups in total. The van der Waals surface area contributed by atoms with Crippen LogP contribution in [0.25, 0.3) is 6.08 Å². The molecule has 0 saturated carbocycles. The second-order valence-electron chi connectivity index (χ2n) is 12.0. The summed E-state index contributed by atoms with van der Waals surface area (Å²) < 4.78 is 38.8. The van der Waals surface area contributed by atoms with Gasteiger partial charge in [-0.3, -0.25) is 0 Å². The third-order valence-corrected chi connectivity index (χ3v) is 8.87. The quantitative estimate of drug-likeness (QED) is 0.112. The first-order valence-corrected chi connectivity index (χ1v) is 15.9. The van der Waals surface area contributed by atoms with Crippen molar-refractivity contribution in [1.82, 2.24) is 0 Å². The first-order valence-electron chi connectivity index (χ1n) is 15.9. The second kappa shape index (κ2) is 16.4. The molecule has 5 rings (SSSR count). The first-order chi connectivity index (χ1) is 24.1. The lowest BCUT2D eigenvalue weighted by Crippen LogP contribution is -2.60. The van der Waals surface area contributed by atoms with Gasteiger partial charge in [0.1, 0.15) is 31.0 Å². The lowest BCUT2D eigenvalue weighted by Gasteiger charge is -2.40. The molecule has 0 spiro atoms. The van der Waals surface area contributed by atoms with Crippen LogP contribution in [0, 0.1) is 11.8 Å². The Morgan fingerprint density at radius 1 is 0.840 bits per heavy atom. The Hall–Kier alpha value is -4.57. The minimum atomic E-state index is -1.68. The van der Waals surface area contributed by atoms with Crippen LogP contribution in [0.1, 0.15) is 22.8 Å².